The summed E-state index contributed by atoms with van der Waals surface area (Å²) in [7, 11) is 0. The molecule has 1 saturated heterocycles. The number of likely N-dealkylation sites (tertiary alicyclic amines) is 1. The van der Waals surface area contributed by atoms with Crippen LogP contribution in [-0.4, -0.2) is 41.1 Å². The van der Waals surface area contributed by atoms with E-state index in [4.69, 9.17) is 5.73 Å². The van der Waals surface area contributed by atoms with Crippen molar-refractivity contribution in [3.05, 3.63) is 24.0 Å². The van der Waals surface area contributed by atoms with Gasteiger partial charge in [-0.25, -0.2) is 4.39 Å². The molecule has 1 aliphatic heterocycles. The van der Waals surface area contributed by atoms with E-state index >= 15 is 0 Å². The van der Waals surface area contributed by atoms with Crippen molar-refractivity contribution in [1.82, 2.24) is 4.90 Å². The number of hydrogen-bond acceptors (Lipinski definition) is 4. The molecule has 1 heterocycles. The lowest BCUT2D eigenvalue weighted by Crippen LogP contribution is -2.51. The molecule has 0 aliphatic carbocycles. The topological polar surface area (TPSA) is 78.6 Å². The predicted octanol–water partition coefficient (Wildman–Crippen LogP) is 1.58. The van der Waals surface area contributed by atoms with Gasteiger partial charge in [-0.1, -0.05) is 6.42 Å². The fourth-order valence-corrected chi connectivity index (χ4v) is 2.75. The van der Waals surface area contributed by atoms with Crippen LogP contribution in [-0.2, 0) is 4.79 Å². The highest BCUT2D eigenvalue weighted by atomic mass is 19.1. The largest absolute Gasteiger partial charge is 0.396 e. The van der Waals surface area contributed by atoms with Crippen LogP contribution in [0.15, 0.2) is 18.2 Å². The Bertz CT molecular complexity index is 510. The molecule has 1 aromatic carbocycles. The van der Waals surface area contributed by atoms with Crippen molar-refractivity contribution in [2.75, 3.05) is 24.2 Å². The Morgan fingerprint density at radius 1 is 1.57 bits per heavy atom. The van der Waals surface area contributed by atoms with Gasteiger partial charge in [-0.3, -0.25) is 9.69 Å². The molecule has 1 amide bonds. The molecule has 4 N–H and O–H groups in total. The Morgan fingerprint density at radius 2 is 2.33 bits per heavy atom. The minimum Gasteiger partial charge on any atom is -0.396 e. The first-order valence-electron chi connectivity index (χ1n) is 7.25. The average molecular weight is 295 g/mol. The number of nitrogen functional groups attached to an aromatic ring is 1. The van der Waals surface area contributed by atoms with E-state index in [1.54, 1.807) is 0 Å². The van der Waals surface area contributed by atoms with Crippen LogP contribution in [0.1, 0.15) is 26.2 Å². The molecular weight excluding hydrogens is 273 g/mol. The number of hydrogen-bond donors (Lipinski definition) is 3. The van der Waals surface area contributed by atoms with Crippen LogP contribution < -0.4 is 11.1 Å². The maximum atomic E-state index is 13.1. The van der Waals surface area contributed by atoms with Gasteiger partial charge >= 0.3 is 0 Å². The van der Waals surface area contributed by atoms with Crippen molar-refractivity contribution in [2.24, 2.45) is 0 Å². The van der Waals surface area contributed by atoms with Gasteiger partial charge < -0.3 is 16.2 Å². The maximum Gasteiger partial charge on any atom is 0.241 e. The minimum atomic E-state index is -0.502. The van der Waals surface area contributed by atoms with E-state index < -0.39 is 5.82 Å². The molecule has 116 valence electrons. The van der Waals surface area contributed by atoms with E-state index in [2.05, 4.69) is 5.32 Å². The molecule has 0 bridgehead atoms. The van der Waals surface area contributed by atoms with Crippen molar-refractivity contribution < 1.29 is 14.3 Å². The number of amides is 1. The summed E-state index contributed by atoms with van der Waals surface area (Å²) in [4.78, 5) is 14.3. The fraction of sp³-hybridized carbons (Fsp3) is 0.533. The predicted molar refractivity (Wildman–Crippen MR) is 80.3 cm³/mol. The Morgan fingerprint density at radius 3 is 3.00 bits per heavy atom. The van der Waals surface area contributed by atoms with Gasteiger partial charge in [0.25, 0.3) is 0 Å². The normalized spacial score (nSPS) is 21.0. The monoisotopic (exact) mass is 295 g/mol. The van der Waals surface area contributed by atoms with Crippen LogP contribution in [0, 0.1) is 5.82 Å². The minimum absolute atomic E-state index is 0.00617. The van der Waals surface area contributed by atoms with Gasteiger partial charge in [0.2, 0.25) is 5.91 Å². The molecule has 0 radical (unpaired) electrons. The van der Waals surface area contributed by atoms with Crippen LogP contribution in [0.5, 0.6) is 0 Å². The zero-order valence-corrected chi connectivity index (χ0v) is 12.2. The molecule has 1 aromatic rings. The number of benzene rings is 1. The lowest BCUT2D eigenvalue weighted by atomic mass is 10.0. The molecule has 1 aliphatic rings. The lowest BCUT2D eigenvalue weighted by molar-refractivity contribution is -0.122. The summed E-state index contributed by atoms with van der Waals surface area (Å²) in [5, 5.41) is 12.2. The second-order valence-corrected chi connectivity index (χ2v) is 5.47. The number of carbonyl (C=O) groups is 1. The Labute approximate surface area is 123 Å². The van der Waals surface area contributed by atoms with Gasteiger partial charge in [0.15, 0.2) is 0 Å². The molecule has 2 rings (SSSR count). The highest BCUT2D eigenvalue weighted by Gasteiger charge is 2.29. The highest BCUT2D eigenvalue weighted by molar-refractivity contribution is 5.94. The van der Waals surface area contributed by atoms with Crippen LogP contribution in [0.2, 0.25) is 0 Å². The SMILES string of the molecule is CC(C(=O)Nc1ccc(F)c(N)c1)N1CCCCC1CO. The van der Waals surface area contributed by atoms with Gasteiger partial charge in [-0.15, -0.1) is 0 Å². The molecule has 21 heavy (non-hydrogen) atoms. The third-order valence-corrected chi connectivity index (χ3v) is 4.02. The summed E-state index contributed by atoms with van der Waals surface area (Å²) >= 11 is 0. The number of nitrogens with one attached hydrogen (secondary N) is 1. The Kier molecular flexibility index (Phi) is 5.14. The zero-order chi connectivity index (χ0) is 15.4. The number of nitrogens with two attached hydrogens (primary N) is 1. The summed E-state index contributed by atoms with van der Waals surface area (Å²) in [6.07, 6.45) is 3.00. The molecule has 5 nitrogen and oxygen atoms in total. The summed E-state index contributed by atoms with van der Waals surface area (Å²) in [5.74, 6) is -0.682. The number of rotatable bonds is 4. The molecule has 2 atom stereocenters. The van der Waals surface area contributed by atoms with Gasteiger partial charge in [0.1, 0.15) is 5.82 Å². The van der Waals surface area contributed by atoms with E-state index in [0.29, 0.717) is 5.69 Å². The maximum absolute atomic E-state index is 13.1. The van der Waals surface area contributed by atoms with Gasteiger partial charge in [-0.05, 0) is 44.5 Å². The molecule has 1 fully saturated rings. The second kappa shape index (κ2) is 6.87. The third-order valence-electron chi connectivity index (χ3n) is 4.02. The lowest BCUT2D eigenvalue weighted by Gasteiger charge is -2.38. The van der Waals surface area contributed by atoms with E-state index in [9.17, 15) is 14.3 Å². The molecule has 6 heteroatoms. The number of piperidine rings is 1. The number of aliphatic hydroxyl groups is 1. The highest BCUT2D eigenvalue weighted by Crippen LogP contribution is 2.21. The van der Waals surface area contributed by atoms with Crippen molar-refractivity contribution in [2.45, 2.75) is 38.3 Å². The smallest absolute Gasteiger partial charge is 0.241 e. The van der Waals surface area contributed by atoms with Crippen molar-refractivity contribution >= 4 is 17.3 Å². The quantitative estimate of drug-likeness (QED) is 0.737. The number of aliphatic hydroxyl groups excluding tert-OH is 1. The number of anilines is 2. The fourth-order valence-electron chi connectivity index (χ4n) is 2.75. The molecule has 0 saturated carbocycles. The first-order chi connectivity index (χ1) is 10.0. The molecule has 0 spiro atoms. The van der Waals surface area contributed by atoms with Crippen molar-refractivity contribution in [1.29, 1.82) is 0 Å². The Hall–Kier alpha value is -1.66. The van der Waals surface area contributed by atoms with Crippen LogP contribution >= 0.6 is 0 Å². The number of nitrogens with zero attached hydrogens (tertiary/aromatic N) is 1. The number of halogens is 1. The van der Waals surface area contributed by atoms with E-state index in [1.807, 2.05) is 11.8 Å². The summed E-state index contributed by atoms with van der Waals surface area (Å²) in [6.45, 7) is 2.67. The standard InChI is InChI=1S/C15H22FN3O2/c1-10(19-7-3-2-4-12(19)9-20)15(21)18-11-5-6-13(16)14(17)8-11/h5-6,8,10,12,20H,2-4,7,9,17H2,1H3,(H,18,21). The van der Waals surface area contributed by atoms with Crippen LogP contribution in [0.3, 0.4) is 0 Å². The van der Waals surface area contributed by atoms with Crippen molar-refractivity contribution in [3.8, 4) is 0 Å². The van der Waals surface area contributed by atoms with E-state index in [1.165, 1.54) is 18.2 Å². The second-order valence-electron chi connectivity index (χ2n) is 5.47. The van der Waals surface area contributed by atoms with Gasteiger partial charge in [0, 0.05) is 11.7 Å². The molecule has 2 unspecified atom stereocenters. The van der Waals surface area contributed by atoms with Crippen LogP contribution in [0.4, 0.5) is 15.8 Å². The van der Waals surface area contributed by atoms with E-state index in [0.717, 1.165) is 25.8 Å². The summed E-state index contributed by atoms with van der Waals surface area (Å²) in [6, 6.07) is 3.79. The first-order valence-corrected chi connectivity index (χ1v) is 7.25. The number of carbonyl (C=O) groups excluding carboxylic acids is 1. The third kappa shape index (κ3) is 3.71. The summed E-state index contributed by atoms with van der Waals surface area (Å²) < 4.78 is 13.1. The first kappa shape index (κ1) is 15.7. The van der Waals surface area contributed by atoms with Crippen molar-refractivity contribution in [3.63, 3.8) is 0 Å². The molecular formula is C15H22FN3O2. The molecule has 0 aromatic heterocycles. The summed E-state index contributed by atoms with van der Waals surface area (Å²) in [5.41, 5.74) is 5.97. The van der Waals surface area contributed by atoms with E-state index in [-0.39, 0.29) is 30.3 Å². The van der Waals surface area contributed by atoms with Gasteiger partial charge in [-0.2, -0.15) is 0 Å². The van der Waals surface area contributed by atoms with Crippen LogP contribution in [0.25, 0.3) is 0 Å². The zero-order valence-electron chi connectivity index (χ0n) is 12.2. The Balaban J connectivity index is 2.02. The van der Waals surface area contributed by atoms with Gasteiger partial charge in [0.05, 0.1) is 18.3 Å². The average Bonchev–Trinajstić information content (AvgIpc) is 2.50.